The number of alkyl halides is 3. The molecule has 7 N–H and O–H groups in total. The number of para-hydroxylation sites is 1. The van der Waals surface area contributed by atoms with E-state index < -0.39 is 48.8 Å². The van der Waals surface area contributed by atoms with E-state index in [4.69, 9.17) is 16.3 Å². The van der Waals surface area contributed by atoms with Crippen molar-refractivity contribution in [1.29, 1.82) is 0 Å². The molecule has 3 fully saturated rings. The Balaban J connectivity index is 0.000000262. The zero-order valence-corrected chi connectivity index (χ0v) is 64.0. The maximum atomic E-state index is 13.3. The summed E-state index contributed by atoms with van der Waals surface area (Å²) in [6.45, 7) is 9.88. The van der Waals surface area contributed by atoms with Crippen molar-refractivity contribution in [2.45, 2.75) is 72.6 Å². The van der Waals surface area contributed by atoms with Gasteiger partial charge in [0.1, 0.15) is 35.6 Å². The Bertz CT molecular complexity index is 5230. The SMILES string of the molecule is CC(Nc1ccc(F)cc1)C(=O)N1CCN(c2ccc(S(=O)(=O)Nc3ccncn3)cc2)CC1.Cc1nsc(NS(=O)c2ccc(N3CCN(C(=O)COc4ccnc5c(C(F)(F)F)cccc45)CC3)cc2)n1.O.O=C(CCn1ccc2cc(Cl)ccc21)NC1CCN(c2ccc(S(=O)(=O)Nc3nccs3)cc2)CC1.[HH].[HH].[HH].[HH].[HH]. The number of halogens is 5. The normalized spacial score (nSPS) is 14.7. The zero-order chi connectivity index (χ0) is 76.8. The molecule has 0 bridgehead atoms. The van der Waals surface area contributed by atoms with Gasteiger partial charge in [-0.25, -0.2) is 45.4 Å². The number of sulfonamides is 2. The van der Waals surface area contributed by atoms with E-state index >= 15 is 0 Å². The molecule has 8 heterocycles. The molecule has 14 rings (SSSR count). The Kier molecular flexibility index (Phi) is 26.5. The standard InChI is InChI=1S/C25H26ClN5O3S2.C25H23F3N6O3S2.C23H25FN6O3S.H2O.5H2/c26-19-1-6-23-18(17-19)7-12-31(23)15-10-24(32)28-20-8-13-30(14-9-20)21-2-4-22(5-3-21)36(33,34)29-25-27-11-16-35-25;1-16-30-24(38-31-16)32-39(36)18-7-5-17(6-8-18)33-11-13-34(14-12-33)22(35)15-37-21-9-10-29-23-19(21)3-2-4-20(23)25(26,27)28;1-17(27-19-4-2-18(24)3-5-19)23(31)30-14-12-29(13-15-30)20-6-8-21(9-7-20)34(32,33)28-22-10-11-25-16-26-22;;;;;;/h1-7,11-12,16-17,20H,8-10,13-15H2,(H,27,29)(H,28,32);2-10H,11-15H2,1H3,(H,30,31,32);2-11,16-17,27H,12-15H2,1H3,(H,25,26,28);1H2;5*1H. The lowest BCUT2D eigenvalue weighted by molar-refractivity contribution is -0.136. The number of anilines is 7. The highest BCUT2D eigenvalue weighted by atomic mass is 35.5. The minimum absolute atomic E-state index is 0. The average Bonchev–Trinajstić information content (AvgIpc) is 1.64. The molecule has 0 aliphatic carbocycles. The fourth-order valence-corrected chi connectivity index (χ4v) is 16.9. The molecule has 6 aromatic carbocycles. The number of hydrogen-bond donors (Lipinski definition) is 5. The highest BCUT2D eigenvalue weighted by molar-refractivity contribution is 7.93. The van der Waals surface area contributed by atoms with Crippen molar-refractivity contribution < 1.29 is 70.3 Å². The van der Waals surface area contributed by atoms with E-state index in [0.717, 1.165) is 71.5 Å². The smallest absolute Gasteiger partial charge is 0.418 e. The Morgan fingerprint density at radius 2 is 1.34 bits per heavy atom. The van der Waals surface area contributed by atoms with Crippen molar-refractivity contribution in [2.24, 2.45) is 0 Å². The van der Waals surface area contributed by atoms with Crippen LogP contribution in [0.5, 0.6) is 5.75 Å². The van der Waals surface area contributed by atoms with E-state index in [9.17, 15) is 53.0 Å². The second kappa shape index (κ2) is 36.3. The fraction of sp³-hybridized carbons (Fsp3) is 0.274. The van der Waals surface area contributed by atoms with Gasteiger partial charge in [0.05, 0.1) is 25.8 Å². The number of aromatic nitrogens is 7. The van der Waals surface area contributed by atoms with Gasteiger partial charge < -0.3 is 49.9 Å². The Morgan fingerprint density at radius 3 is 1.94 bits per heavy atom. The molecule has 0 spiro atoms. The first-order valence-electron chi connectivity index (χ1n) is 34.3. The van der Waals surface area contributed by atoms with E-state index in [0.29, 0.717) is 97.0 Å². The van der Waals surface area contributed by atoms with Gasteiger partial charge in [-0.2, -0.15) is 17.5 Å². The van der Waals surface area contributed by atoms with Crippen molar-refractivity contribution >= 4 is 144 Å². The van der Waals surface area contributed by atoms with Crippen LogP contribution in [0.4, 0.5) is 56.4 Å². The number of benzene rings is 6. The predicted molar refractivity (Wildman–Crippen MR) is 428 cm³/mol. The van der Waals surface area contributed by atoms with Gasteiger partial charge in [-0.15, -0.1) is 11.3 Å². The summed E-state index contributed by atoms with van der Waals surface area (Å²) >= 11 is 8.44. The monoisotopic (exact) mass is 1630 g/mol. The van der Waals surface area contributed by atoms with Crippen LogP contribution in [0.15, 0.2) is 203 Å². The number of aryl methyl sites for hydroxylation is 2. The Labute approximate surface area is 654 Å². The number of pyridine rings is 1. The van der Waals surface area contributed by atoms with Crippen molar-refractivity contribution in [2.75, 3.05) is 106 Å². The van der Waals surface area contributed by atoms with Gasteiger partial charge in [0, 0.05) is 177 Å². The van der Waals surface area contributed by atoms with E-state index in [1.54, 1.807) is 95.9 Å². The number of nitrogens with zero attached hydrogens (tertiary/aromatic N) is 12. The van der Waals surface area contributed by atoms with Crippen LogP contribution in [0.2, 0.25) is 5.02 Å². The quantitative estimate of drug-likeness (QED) is 0.0394. The average molecular weight is 1630 g/mol. The summed E-state index contributed by atoms with van der Waals surface area (Å²) in [4.78, 5) is 68.6. The molecule has 3 aliphatic rings. The summed E-state index contributed by atoms with van der Waals surface area (Å²) < 4.78 is 135. The van der Waals surface area contributed by atoms with Gasteiger partial charge in [0.2, 0.25) is 16.9 Å². The van der Waals surface area contributed by atoms with Crippen LogP contribution in [0.3, 0.4) is 0 Å². The number of thiazole rings is 1. The lowest BCUT2D eigenvalue weighted by atomic mass is 10.0. The third-order valence-electron chi connectivity index (χ3n) is 18.0. The largest absolute Gasteiger partial charge is 0.483 e. The van der Waals surface area contributed by atoms with Gasteiger partial charge in [-0.05, 0) is 172 Å². The van der Waals surface area contributed by atoms with Crippen LogP contribution < -0.4 is 44.2 Å². The number of fused-ring (bicyclic) bond motifs is 2. The first-order chi connectivity index (χ1) is 52.4. The maximum Gasteiger partial charge on any atom is 0.418 e. The molecular weight excluding hydrogens is 1550 g/mol. The first-order valence-corrected chi connectivity index (χ1v) is 40.5. The van der Waals surface area contributed by atoms with Crippen LogP contribution >= 0.6 is 34.5 Å². The number of amides is 3. The van der Waals surface area contributed by atoms with Gasteiger partial charge in [0.15, 0.2) is 22.7 Å². The topological polar surface area (TPSA) is 336 Å². The summed E-state index contributed by atoms with van der Waals surface area (Å²) in [5, 5.41) is 10.8. The second-order valence-electron chi connectivity index (χ2n) is 25.3. The van der Waals surface area contributed by atoms with Crippen LogP contribution in [-0.2, 0) is 58.1 Å². The number of rotatable bonds is 22. The van der Waals surface area contributed by atoms with E-state index in [-0.39, 0.29) is 81.1 Å². The van der Waals surface area contributed by atoms with Gasteiger partial charge in [0.25, 0.3) is 26.0 Å². The minimum Gasteiger partial charge on any atom is -0.483 e. The third kappa shape index (κ3) is 21.0. The molecule has 110 heavy (non-hydrogen) atoms. The first kappa shape index (κ1) is 80.4. The molecule has 27 nitrogen and oxygen atoms in total. The van der Waals surface area contributed by atoms with Crippen LogP contribution in [0.25, 0.3) is 21.8 Å². The highest BCUT2D eigenvalue weighted by Gasteiger charge is 2.34. The van der Waals surface area contributed by atoms with E-state index in [1.165, 1.54) is 66.5 Å². The fourth-order valence-electron chi connectivity index (χ4n) is 12.4. The zero-order valence-electron chi connectivity index (χ0n) is 59.1. The number of carbonyl (C=O) groups excluding carboxylic acids is 3. The summed E-state index contributed by atoms with van der Waals surface area (Å²) in [6.07, 6.45) is 5.04. The molecule has 3 aliphatic heterocycles. The number of piperazine rings is 2. The van der Waals surface area contributed by atoms with Gasteiger partial charge in [-0.1, -0.05) is 17.7 Å². The van der Waals surface area contributed by atoms with Crippen LogP contribution in [0.1, 0.15) is 44.7 Å². The summed E-state index contributed by atoms with van der Waals surface area (Å²) in [5.41, 5.74) is 3.47. The molecule has 0 radical (unpaired) electrons. The highest BCUT2D eigenvalue weighted by Crippen LogP contribution is 2.37. The van der Waals surface area contributed by atoms with E-state index in [1.807, 2.05) is 54.7 Å². The van der Waals surface area contributed by atoms with Crippen LogP contribution in [-0.4, -0.2) is 172 Å². The molecule has 2 unspecified atom stereocenters. The predicted octanol–water partition coefficient (Wildman–Crippen LogP) is 12.0. The van der Waals surface area contributed by atoms with Crippen molar-refractivity contribution in [3.63, 3.8) is 0 Å². The van der Waals surface area contributed by atoms with Crippen molar-refractivity contribution in [3.05, 3.63) is 210 Å². The minimum atomic E-state index is -4.55. The second-order valence-corrected chi connectivity index (χ2v) is 31.9. The Hall–Kier alpha value is -10.6. The van der Waals surface area contributed by atoms with Crippen molar-refractivity contribution in [1.82, 2.24) is 49.0 Å². The molecular formula is C73H86ClF4N17O10S5. The maximum absolute atomic E-state index is 13.3. The summed E-state index contributed by atoms with van der Waals surface area (Å²) in [5.74, 6) is 0.426. The van der Waals surface area contributed by atoms with Crippen LogP contribution in [0, 0.1) is 12.7 Å². The van der Waals surface area contributed by atoms with Gasteiger partial charge >= 0.3 is 6.18 Å². The van der Waals surface area contributed by atoms with Crippen molar-refractivity contribution in [3.8, 4) is 5.75 Å². The number of carbonyl (C=O) groups is 3. The third-order valence-corrected chi connectivity index (χ3v) is 23.7. The lowest BCUT2D eigenvalue weighted by Gasteiger charge is -2.37. The number of hydrogen-bond acceptors (Lipinski definition) is 21. The molecule has 0 saturated carbocycles. The lowest BCUT2D eigenvalue weighted by Crippen LogP contribution is -2.52. The number of ether oxygens (including phenoxy) is 1. The molecule has 5 aromatic heterocycles. The number of piperidine rings is 1. The molecule has 37 heteroatoms. The molecule has 3 saturated heterocycles. The molecule has 3 amide bonds. The Morgan fingerprint density at radius 1 is 0.709 bits per heavy atom. The number of nitrogens with one attached hydrogen (secondary N) is 5. The summed E-state index contributed by atoms with van der Waals surface area (Å²) in [6, 6.07) is 40.8. The van der Waals surface area contributed by atoms with Gasteiger partial charge in [-0.3, -0.25) is 33.5 Å². The molecule has 2 atom stereocenters. The summed E-state index contributed by atoms with van der Waals surface area (Å²) in [7, 11) is -8.89. The van der Waals surface area contributed by atoms with E-state index in [2.05, 4.69) is 73.4 Å². The molecule has 588 valence electrons. The molecule has 11 aromatic rings.